The highest BCUT2D eigenvalue weighted by Gasteiger charge is 2.25. The van der Waals surface area contributed by atoms with Crippen molar-refractivity contribution in [2.24, 2.45) is 0 Å². The molecule has 0 fully saturated rings. The molecular formula is C51H34N2O. The topological polar surface area (TPSA) is 29.3 Å². The lowest BCUT2D eigenvalue weighted by Gasteiger charge is -2.34. The molecule has 1 atom stereocenters. The van der Waals surface area contributed by atoms with Gasteiger partial charge >= 0.3 is 0 Å². The second-order valence-electron chi connectivity index (χ2n) is 14.3. The van der Waals surface area contributed by atoms with Crippen molar-refractivity contribution in [1.29, 1.82) is 0 Å². The number of hydrogen-bond acceptors (Lipinski definition) is 3. The van der Waals surface area contributed by atoms with Crippen molar-refractivity contribution in [3.05, 3.63) is 194 Å². The van der Waals surface area contributed by atoms with E-state index in [-0.39, 0.29) is 6.04 Å². The van der Waals surface area contributed by atoms with Gasteiger partial charge in [-0.3, -0.25) is 4.98 Å². The molecule has 54 heavy (non-hydrogen) atoms. The summed E-state index contributed by atoms with van der Waals surface area (Å²) in [5.41, 5.74) is 8.91. The van der Waals surface area contributed by atoms with Gasteiger partial charge in [0.2, 0.25) is 0 Å². The lowest BCUT2D eigenvalue weighted by atomic mass is 9.91. The van der Waals surface area contributed by atoms with Gasteiger partial charge in [0.15, 0.2) is 0 Å². The Morgan fingerprint density at radius 3 is 2.19 bits per heavy atom. The summed E-state index contributed by atoms with van der Waals surface area (Å²) in [5, 5.41) is 12.0. The first-order valence-electron chi connectivity index (χ1n) is 18.6. The predicted octanol–water partition coefficient (Wildman–Crippen LogP) is 13.8. The minimum Gasteiger partial charge on any atom is -0.456 e. The van der Waals surface area contributed by atoms with Crippen LogP contribution >= 0.6 is 0 Å². The van der Waals surface area contributed by atoms with Crippen LogP contribution in [0.5, 0.6) is 0 Å². The average Bonchev–Trinajstić information content (AvgIpc) is 3.61. The molecule has 8 aromatic carbocycles. The lowest BCUT2D eigenvalue weighted by Crippen LogP contribution is -2.30. The van der Waals surface area contributed by atoms with Gasteiger partial charge in [0.25, 0.3) is 0 Å². The molecule has 2 aromatic heterocycles. The summed E-state index contributed by atoms with van der Waals surface area (Å²) in [6, 6.07) is 57.2. The van der Waals surface area contributed by atoms with Crippen molar-refractivity contribution in [3.63, 3.8) is 0 Å². The first kappa shape index (κ1) is 30.6. The van der Waals surface area contributed by atoms with Gasteiger partial charge in [0.05, 0.1) is 17.1 Å². The van der Waals surface area contributed by atoms with Crippen molar-refractivity contribution >= 4 is 82.0 Å². The molecule has 2 heterocycles. The summed E-state index contributed by atoms with van der Waals surface area (Å²) in [6.45, 7) is 0. The molecule has 254 valence electrons. The summed E-state index contributed by atoms with van der Waals surface area (Å²) < 4.78 is 6.58. The van der Waals surface area contributed by atoms with E-state index in [1.165, 1.54) is 54.6 Å². The second kappa shape index (κ2) is 12.3. The van der Waals surface area contributed by atoms with Gasteiger partial charge in [-0.15, -0.1) is 0 Å². The highest BCUT2D eigenvalue weighted by Crippen LogP contribution is 2.44. The van der Waals surface area contributed by atoms with Crippen LogP contribution in [0.2, 0.25) is 0 Å². The predicted molar refractivity (Wildman–Crippen MR) is 228 cm³/mol. The van der Waals surface area contributed by atoms with Crippen LogP contribution in [0.4, 0.5) is 11.4 Å². The van der Waals surface area contributed by atoms with E-state index in [0.29, 0.717) is 0 Å². The molecule has 0 saturated carbocycles. The van der Waals surface area contributed by atoms with Gasteiger partial charge in [-0.05, 0) is 115 Å². The highest BCUT2D eigenvalue weighted by molar-refractivity contribution is 6.16. The van der Waals surface area contributed by atoms with E-state index in [0.717, 1.165) is 50.5 Å². The first-order valence-corrected chi connectivity index (χ1v) is 18.6. The minimum absolute atomic E-state index is 0.0523. The smallest absolute Gasteiger partial charge is 0.137 e. The molecule has 1 aliphatic rings. The van der Waals surface area contributed by atoms with Crippen LogP contribution in [0.25, 0.3) is 81.7 Å². The number of allylic oxidation sites excluding steroid dienone is 2. The number of hydrogen-bond donors (Lipinski definition) is 0. The number of benzene rings is 8. The van der Waals surface area contributed by atoms with Crippen molar-refractivity contribution in [2.45, 2.75) is 12.5 Å². The Kier molecular flexibility index (Phi) is 6.99. The van der Waals surface area contributed by atoms with Crippen molar-refractivity contribution in [3.8, 4) is 11.1 Å². The Balaban J connectivity index is 1.11. The summed E-state index contributed by atoms with van der Waals surface area (Å²) in [5.74, 6) is 0. The SMILES string of the molecule is C1=CC(c2cccc3ccccc23)=CC(N(c2ccc(-c3cc4ccccc4c4ccccc34)cc2)c2cccc3oc4cc5cnccc5cc4c23)C1. The molecule has 10 aromatic rings. The Labute approximate surface area is 312 Å². The third-order valence-corrected chi connectivity index (χ3v) is 11.2. The molecule has 11 rings (SSSR count). The van der Waals surface area contributed by atoms with E-state index >= 15 is 0 Å². The van der Waals surface area contributed by atoms with Gasteiger partial charge < -0.3 is 9.32 Å². The van der Waals surface area contributed by atoms with Crippen LogP contribution < -0.4 is 4.90 Å². The lowest BCUT2D eigenvalue weighted by molar-refractivity contribution is 0.669. The largest absolute Gasteiger partial charge is 0.456 e. The fourth-order valence-electron chi connectivity index (χ4n) is 8.70. The Morgan fingerprint density at radius 2 is 1.30 bits per heavy atom. The number of aromatic nitrogens is 1. The quantitative estimate of drug-likeness (QED) is 0.168. The van der Waals surface area contributed by atoms with Crippen LogP contribution in [0.3, 0.4) is 0 Å². The van der Waals surface area contributed by atoms with Crippen LogP contribution in [0.15, 0.2) is 193 Å². The van der Waals surface area contributed by atoms with Gasteiger partial charge in [0, 0.05) is 28.9 Å². The number of fused-ring (bicyclic) bond motifs is 8. The van der Waals surface area contributed by atoms with E-state index in [1.807, 2.05) is 12.4 Å². The van der Waals surface area contributed by atoms with E-state index < -0.39 is 0 Å². The fraction of sp³-hybridized carbons (Fsp3) is 0.0392. The first-order chi connectivity index (χ1) is 26.8. The van der Waals surface area contributed by atoms with E-state index in [1.54, 1.807) is 0 Å². The molecule has 3 heteroatoms. The zero-order valence-corrected chi connectivity index (χ0v) is 29.5. The number of nitrogens with zero attached hydrogens (tertiary/aromatic N) is 2. The van der Waals surface area contributed by atoms with Crippen molar-refractivity contribution in [1.82, 2.24) is 4.98 Å². The molecule has 1 aliphatic carbocycles. The second-order valence-corrected chi connectivity index (χ2v) is 14.3. The van der Waals surface area contributed by atoms with Crippen LogP contribution in [-0.2, 0) is 0 Å². The molecule has 0 aliphatic heterocycles. The average molecular weight is 691 g/mol. The molecule has 3 nitrogen and oxygen atoms in total. The maximum absolute atomic E-state index is 6.58. The van der Waals surface area contributed by atoms with Crippen molar-refractivity contribution in [2.75, 3.05) is 4.90 Å². The summed E-state index contributed by atoms with van der Waals surface area (Å²) in [7, 11) is 0. The molecule has 0 spiro atoms. The minimum atomic E-state index is 0.0523. The summed E-state index contributed by atoms with van der Waals surface area (Å²) in [4.78, 5) is 6.89. The van der Waals surface area contributed by atoms with E-state index in [2.05, 4.69) is 186 Å². The summed E-state index contributed by atoms with van der Waals surface area (Å²) in [6.07, 6.45) is 11.7. The standard InChI is InChI=1S/C51H34N2O/c1-3-15-41-33(10-1)12-8-19-42(41)36-13-7-14-40(28-36)53(48-20-9-21-49-51(48)47-29-35-26-27-52-32-38(35)31-50(47)54-49)39-24-22-34(23-25-39)46-30-37-11-2-4-16-43(37)44-17-5-6-18-45(44)46/h1-13,15-32,40H,14H2. The molecule has 1 unspecified atom stereocenters. The Morgan fingerprint density at radius 1 is 0.537 bits per heavy atom. The van der Waals surface area contributed by atoms with Gasteiger partial charge in [-0.2, -0.15) is 0 Å². The van der Waals surface area contributed by atoms with Gasteiger partial charge in [-0.25, -0.2) is 0 Å². The number of pyridine rings is 1. The maximum Gasteiger partial charge on any atom is 0.137 e. The normalized spacial score (nSPS) is 14.4. The van der Waals surface area contributed by atoms with Gasteiger partial charge in [0.1, 0.15) is 11.2 Å². The Bertz CT molecular complexity index is 3140. The van der Waals surface area contributed by atoms with Crippen LogP contribution in [-0.4, -0.2) is 11.0 Å². The molecular weight excluding hydrogens is 657 g/mol. The van der Waals surface area contributed by atoms with E-state index in [4.69, 9.17) is 4.42 Å². The molecule has 0 N–H and O–H groups in total. The molecule has 0 radical (unpaired) electrons. The number of anilines is 2. The third-order valence-electron chi connectivity index (χ3n) is 11.2. The summed E-state index contributed by atoms with van der Waals surface area (Å²) >= 11 is 0. The zero-order valence-electron chi connectivity index (χ0n) is 29.5. The fourth-order valence-corrected chi connectivity index (χ4v) is 8.70. The van der Waals surface area contributed by atoms with Crippen LogP contribution in [0, 0.1) is 0 Å². The van der Waals surface area contributed by atoms with Crippen molar-refractivity contribution < 1.29 is 4.42 Å². The zero-order chi connectivity index (χ0) is 35.6. The molecule has 0 amide bonds. The Hall–Kier alpha value is -6.97. The maximum atomic E-state index is 6.58. The number of rotatable bonds is 5. The molecule has 0 saturated heterocycles. The van der Waals surface area contributed by atoms with Crippen LogP contribution in [0.1, 0.15) is 12.0 Å². The van der Waals surface area contributed by atoms with E-state index in [9.17, 15) is 0 Å². The third kappa shape index (κ3) is 4.93. The van der Waals surface area contributed by atoms with Gasteiger partial charge in [-0.1, -0.05) is 127 Å². The monoisotopic (exact) mass is 690 g/mol. The molecule has 0 bridgehead atoms. The highest BCUT2D eigenvalue weighted by atomic mass is 16.3. The number of furan rings is 1.